The molecule has 1 heterocycles. The first-order valence-corrected chi connectivity index (χ1v) is 5.13. The molecule has 0 atom stereocenters. The molecular weight excluding hydrogens is 168 g/mol. The standard InChI is InChI=1S/C9H18N2S/c1-4-5-10-6-7-11(8(2)3)9(10)12/h8H,4-7H2,1-3H3. The van der Waals surface area contributed by atoms with Gasteiger partial charge < -0.3 is 9.80 Å². The maximum atomic E-state index is 5.36. The van der Waals surface area contributed by atoms with Crippen molar-refractivity contribution in [3.05, 3.63) is 0 Å². The van der Waals surface area contributed by atoms with Crippen LogP contribution < -0.4 is 0 Å². The predicted molar refractivity (Wildman–Crippen MR) is 56.3 cm³/mol. The number of rotatable bonds is 3. The van der Waals surface area contributed by atoms with Crippen LogP contribution >= 0.6 is 12.2 Å². The van der Waals surface area contributed by atoms with E-state index in [1.807, 2.05) is 0 Å². The molecular formula is C9H18N2S. The molecule has 0 aromatic heterocycles. The Hall–Kier alpha value is -0.310. The molecule has 0 spiro atoms. The van der Waals surface area contributed by atoms with Gasteiger partial charge in [0, 0.05) is 25.7 Å². The highest BCUT2D eigenvalue weighted by Crippen LogP contribution is 2.12. The van der Waals surface area contributed by atoms with Gasteiger partial charge in [-0.1, -0.05) is 6.92 Å². The van der Waals surface area contributed by atoms with E-state index in [0.29, 0.717) is 6.04 Å². The fraction of sp³-hybridized carbons (Fsp3) is 0.889. The van der Waals surface area contributed by atoms with Crippen molar-refractivity contribution in [3.63, 3.8) is 0 Å². The highest BCUT2D eigenvalue weighted by Gasteiger charge is 2.25. The van der Waals surface area contributed by atoms with E-state index in [1.165, 1.54) is 6.42 Å². The zero-order valence-electron chi connectivity index (χ0n) is 8.21. The molecule has 0 unspecified atom stereocenters. The third kappa shape index (κ3) is 1.89. The molecule has 1 rings (SSSR count). The van der Waals surface area contributed by atoms with E-state index < -0.39 is 0 Å². The predicted octanol–water partition coefficient (Wildman–Crippen LogP) is 1.71. The van der Waals surface area contributed by atoms with Crippen LogP contribution in [0.1, 0.15) is 27.2 Å². The van der Waals surface area contributed by atoms with E-state index in [1.54, 1.807) is 0 Å². The highest BCUT2D eigenvalue weighted by molar-refractivity contribution is 7.80. The van der Waals surface area contributed by atoms with Gasteiger partial charge in [0.25, 0.3) is 0 Å². The van der Waals surface area contributed by atoms with Crippen molar-refractivity contribution >= 4 is 17.3 Å². The molecule has 12 heavy (non-hydrogen) atoms. The van der Waals surface area contributed by atoms with Crippen LogP contribution in [0.2, 0.25) is 0 Å². The lowest BCUT2D eigenvalue weighted by molar-refractivity contribution is 0.389. The average molecular weight is 186 g/mol. The van der Waals surface area contributed by atoms with E-state index in [0.717, 1.165) is 24.7 Å². The Labute approximate surface area is 80.5 Å². The molecule has 1 aliphatic heterocycles. The van der Waals surface area contributed by atoms with Crippen LogP contribution in [-0.4, -0.2) is 40.6 Å². The summed E-state index contributed by atoms with van der Waals surface area (Å²) in [7, 11) is 0. The van der Waals surface area contributed by atoms with Crippen LogP contribution in [-0.2, 0) is 0 Å². The van der Waals surface area contributed by atoms with E-state index in [4.69, 9.17) is 12.2 Å². The van der Waals surface area contributed by atoms with Gasteiger partial charge in [-0.2, -0.15) is 0 Å². The Kier molecular flexibility index (Phi) is 3.32. The molecule has 1 saturated heterocycles. The minimum atomic E-state index is 0.555. The molecule has 0 saturated carbocycles. The second-order valence-corrected chi connectivity index (χ2v) is 3.92. The zero-order chi connectivity index (χ0) is 9.14. The zero-order valence-corrected chi connectivity index (χ0v) is 9.02. The Bertz CT molecular complexity index is 168. The Morgan fingerprint density at radius 1 is 1.42 bits per heavy atom. The lowest BCUT2D eigenvalue weighted by Crippen LogP contribution is -2.36. The summed E-state index contributed by atoms with van der Waals surface area (Å²) in [4.78, 5) is 4.60. The van der Waals surface area contributed by atoms with Crippen molar-refractivity contribution in [1.82, 2.24) is 9.80 Å². The second kappa shape index (κ2) is 4.08. The molecule has 0 aliphatic carbocycles. The lowest BCUT2D eigenvalue weighted by atomic mass is 10.3. The van der Waals surface area contributed by atoms with Crippen molar-refractivity contribution in [2.75, 3.05) is 19.6 Å². The van der Waals surface area contributed by atoms with Gasteiger partial charge in [0.1, 0.15) is 0 Å². The van der Waals surface area contributed by atoms with Crippen LogP contribution in [0.4, 0.5) is 0 Å². The first-order chi connectivity index (χ1) is 5.66. The monoisotopic (exact) mass is 186 g/mol. The third-order valence-corrected chi connectivity index (χ3v) is 2.74. The molecule has 1 fully saturated rings. The van der Waals surface area contributed by atoms with Gasteiger partial charge in [0.05, 0.1) is 0 Å². The fourth-order valence-corrected chi connectivity index (χ4v) is 2.04. The van der Waals surface area contributed by atoms with Crippen LogP contribution in [0.15, 0.2) is 0 Å². The normalized spacial score (nSPS) is 18.2. The molecule has 1 aliphatic rings. The summed E-state index contributed by atoms with van der Waals surface area (Å²) in [5, 5.41) is 1.05. The van der Waals surface area contributed by atoms with Gasteiger partial charge >= 0.3 is 0 Å². The number of thiocarbonyl (C=S) groups is 1. The summed E-state index contributed by atoms with van der Waals surface area (Å²) in [6, 6.07) is 0.555. The van der Waals surface area contributed by atoms with E-state index >= 15 is 0 Å². The van der Waals surface area contributed by atoms with E-state index in [2.05, 4.69) is 30.6 Å². The van der Waals surface area contributed by atoms with Crippen molar-refractivity contribution in [2.24, 2.45) is 0 Å². The van der Waals surface area contributed by atoms with Crippen molar-refractivity contribution in [2.45, 2.75) is 33.2 Å². The lowest BCUT2D eigenvalue weighted by Gasteiger charge is -2.24. The molecule has 0 amide bonds. The first-order valence-electron chi connectivity index (χ1n) is 4.72. The van der Waals surface area contributed by atoms with Gasteiger partial charge in [0.15, 0.2) is 5.11 Å². The molecule has 0 radical (unpaired) electrons. The Morgan fingerprint density at radius 2 is 2.08 bits per heavy atom. The van der Waals surface area contributed by atoms with Crippen LogP contribution in [0, 0.1) is 0 Å². The minimum Gasteiger partial charge on any atom is -0.347 e. The molecule has 0 aromatic rings. The number of hydrogen-bond acceptors (Lipinski definition) is 1. The fourth-order valence-electron chi connectivity index (χ4n) is 1.56. The summed E-state index contributed by atoms with van der Waals surface area (Å²) in [5.74, 6) is 0. The maximum Gasteiger partial charge on any atom is 0.171 e. The van der Waals surface area contributed by atoms with Gasteiger partial charge in [-0.15, -0.1) is 0 Å². The SMILES string of the molecule is CCCN1CCN(C(C)C)C1=S. The van der Waals surface area contributed by atoms with Crippen molar-refractivity contribution in [1.29, 1.82) is 0 Å². The van der Waals surface area contributed by atoms with E-state index in [9.17, 15) is 0 Å². The smallest absolute Gasteiger partial charge is 0.171 e. The summed E-state index contributed by atoms with van der Waals surface area (Å²) in [6.07, 6.45) is 1.19. The summed E-state index contributed by atoms with van der Waals surface area (Å²) >= 11 is 5.36. The van der Waals surface area contributed by atoms with Gasteiger partial charge in [0.2, 0.25) is 0 Å². The van der Waals surface area contributed by atoms with Gasteiger partial charge in [-0.3, -0.25) is 0 Å². The number of nitrogens with zero attached hydrogens (tertiary/aromatic N) is 2. The third-order valence-electron chi connectivity index (χ3n) is 2.24. The summed E-state index contributed by atoms with van der Waals surface area (Å²) in [6.45, 7) is 9.92. The molecule has 2 nitrogen and oxygen atoms in total. The van der Waals surface area contributed by atoms with Crippen molar-refractivity contribution in [3.8, 4) is 0 Å². The van der Waals surface area contributed by atoms with Gasteiger partial charge in [-0.25, -0.2) is 0 Å². The first kappa shape index (κ1) is 9.78. The Balaban J connectivity index is 2.49. The van der Waals surface area contributed by atoms with E-state index in [-0.39, 0.29) is 0 Å². The Morgan fingerprint density at radius 3 is 2.50 bits per heavy atom. The minimum absolute atomic E-state index is 0.555. The highest BCUT2D eigenvalue weighted by atomic mass is 32.1. The van der Waals surface area contributed by atoms with Crippen LogP contribution in [0.5, 0.6) is 0 Å². The molecule has 70 valence electrons. The quantitative estimate of drug-likeness (QED) is 0.620. The second-order valence-electron chi connectivity index (χ2n) is 3.56. The van der Waals surface area contributed by atoms with Gasteiger partial charge in [-0.05, 0) is 32.5 Å². The summed E-state index contributed by atoms with van der Waals surface area (Å²) in [5.41, 5.74) is 0. The average Bonchev–Trinajstić information content (AvgIpc) is 2.34. The number of hydrogen-bond donors (Lipinski definition) is 0. The molecule has 0 bridgehead atoms. The molecule has 3 heteroatoms. The van der Waals surface area contributed by atoms with Crippen molar-refractivity contribution < 1.29 is 0 Å². The van der Waals surface area contributed by atoms with Crippen LogP contribution in [0.25, 0.3) is 0 Å². The molecule has 0 N–H and O–H groups in total. The molecule has 0 aromatic carbocycles. The summed E-state index contributed by atoms with van der Waals surface area (Å²) < 4.78 is 0. The maximum absolute atomic E-state index is 5.36. The van der Waals surface area contributed by atoms with Crippen LogP contribution in [0.3, 0.4) is 0 Å². The largest absolute Gasteiger partial charge is 0.347 e. The topological polar surface area (TPSA) is 6.48 Å².